The lowest BCUT2D eigenvalue weighted by Crippen LogP contribution is -2.06. The highest BCUT2D eigenvalue weighted by atomic mass is 32.2. The van der Waals surface area contributed by atoms with E-state index in [1.807, 2.05) is 0 Å². The molecule has 0 radical (unpaired) electrons. The third-order valence-corrected chi connectivity index (χ3v) is 3.11. The van der Waals surface area contributed by atoms with Crippen LogP contribution in [0.2, 0.25) is 0 Å². The summed E-state index contributed by atoms with van der Waals surface area (Å²) >= 11 is 0. The molecule has 0 bridgehead atoms. The summed E-state index contributed by atoms with van der Waals surface area (Å²) in [6, 6.07) is 2.45. The van der Waals surface area contributed by atoms with E-state index in [4.69, 9.17) is 4.74 Å². The second-order valence-corrected chi connectivity index (χ2v) is 5.00. The number of hydrogen-bond donors (Lipinski definition) is 0. The van der Waals surface area contributed by atoms with Crippen LogP contribution in [0.3, 0.4) is 0 Å². The number of nitro groups is 1. The largest absolute Gasteiger partial charge is 0.481 e. The summed E-state index contributed by atoms with van der Waals surface area (Å²) in [4.78, 5) is 13.8. The van der Waals surface area contributed by atoms with Gasteiger partial charge in [-0.2, -0.15) is 0 Å². The van der Waals surface area contributed by atoms with Crippen LogP contribution in [0.4, 0.5) is 5.69 Å². The van der Waals surface area contributed by atoms with Crippen molar-refractivity contribution in [3.05, 3.63) is 39.9 Å². The van der Waals surface area contributed by atoms with Crippen LogP contribution < -0.4 is 4.74 Å². The van der Waals surface area contributed by atoms with Crippen molar-refractivity contribution in [2.75, 3.05) is 7.11 Å². The zero-order chi connectivity index (χ0) is 13.1. The number of methoxy groups -OCH3 is 1. The molecule has 0 aromatic carbocycles. The minimum atomic E-state index is -3.61. The first-order valence-electron chi connectivity index (χ1n) is 4.43. The predicted octanol–water partition coefficient (Wildman–Crippen LogP) is 1.06. The number of nitrogens with zero attached hydrogens (tertiary/aromatic N) is 2. The molecule has 0 fully saturated rings. The Bertz CT molecular complexity index is 553. The maximum Gasteiger partial charge on any atom is 0.292 e. The fourth-order valence-corrected chi connectivity index (χ4v) is 1.82. The first kappa shape index (κ1) is 13.1. The Balaban J connectivity index is 3.27. The molecule has 0 spiro atoms. The van der Waals surface area contributed by atoms with Crippen molar-refractivity contribution in [1.29, 1.82) is 0 Å². The molecule has 7 nitrogen and oxygen atoms in total. The molecule has 0 saturated carbocycles. The van der Waals surface area contributed by atoms with Gasteiger partial charge >= 0.3 is 0 Å². The molecule has 1 aromatic heterocycles. The molecule has 1 aromatic rings. The molecule has 0 aliphatic heterocycles. The van der Waals surface area contributed by atoms with Crippen molar-refractivity contribution in [2.45, 2.75) is 5.75 Å². The summed E-state index contributed by atoms with van der Waals surface area (Å²) in [6.45, 7) is 3.13. The van der Waals surface area contributed by atoms with E-state index in [9.17, 15) is 18.5 Å². The second-order valence-electron chi connectivity index (χ2n) is 3.05. The number of hydrogen-bond acceptors (Lipinski definition) is 6. The number of ether oxygens (including phenoxy) is 1. The van der Waals surface area contributed by atoms with Gasteiger partial charge in [0, 0.05) is 17.5 Å². The maximum absolute atomic E-state index is 11.3. The summed E-state index contributed by atoms with van der Waals surface area (Å²) in [5.74, 6) is -0.464. The minimum absolute atomic E-state index is 0.116. The number of aromatic nitrogens is 1. The molecule has 1 rings (SSSR count). The summed E-state index contributed by atoms with van der Waals surface area (Å²) in [7, 11) is -2.28. The number of pyridine rings is 1. The third-order valence-electron chi connectivity index (χ3n) is 1.92. The second kappa shape index (κ2) is 4.91. The van der Waals surface area contributed by atoms with E-state index < -0.39 is 20.5 Å². The molecule has 0 unspecified atom stereocenters. The molecular weight excluding hydrogens is 248 g/mol. The van der Waals surface area contributed by atoms with Gasteiger partial charge in [0.25, 0.3) is 5.69 Å². The van der Waals surface area contributed by atoms with Crippen LogP contribution in [0.5, 0.6) is 5.88 Å². The molecule has 92 valence electrons. The summed E-state index contributed by atoms with van der Waals surface area (Å²) in [5.41, 5.74) is -0.537. The lowest BCUT2D eigenvalue weighted by Gasteiger charge is -2.03. The molecule has 0 N–H and O–H groups in total. The van der Waals surface area contributed by atoms with Gasteiger partial charge in [-0.3, -0.25) is 10.1 Å². The Morgan fingerprint density at radius 3 is 2.71 bits per heavy atom. The Kier molecular flexibility index (Phi) is 3.79. The van der Waals surface area contributed by atoms with Gasteiger partial charge in [0.2, 0.25) is 5.88 Å². The van der Waals surface area contributed by atoms with E-state index in [-0.39, 0.29) is 17.3 Å². The molecule has 17 heavy (non-hydrogen) atoms. The van der Waals surface area contributed by atoms with Crippen molar-refractivity contribution in [3.8, 4) is 5.88 Å². The molecule has 0 aliphatic rings. The molecule has 8 heteroatoms. The molecule has 0 saturated heterocycles. The van der Waals surface area contributed by atoms with E-state index >= 15 is 0 Å². The van der Waals surface area contributed by atoms with Crippen molar-refractivity contribution in [2.24, 2.45) is 0 Å². The minimum Gasteiger partial charge on any atom is -0.481 e. The molecule has 1 heterocycles. The van der Waals surface area contributed by atoms with Gasteiger partial charge in [0.05, 0.1) is 12.0 Å². The first-order chi connectivity index (χ1) is 7.89. The zero-order valence-corrected chi connectivity index (χ0v) is 9.81. The average Bonchev–Trinajstić information content (AvgIpc) is 2.28. The van der Waals surface area contributed by atoms with Crippen LogP contribution in [0.25, 0.3) is 0 Å². The van der Waals surface area contributed by atoms with E-state index in [2.05, 4.69) is 11.6 Å². The summed E-state index contributed by atoms with van der Waals surface area (Å²) in [5, 5.41) is 11.4. The van der Waals surface area contributed by atoms with Crippen LogP contribution in [0, 0.1) is 10.1 Å². The van der Waals surface area contributed by atoms with Crippen molar-refractivity contribution in [1.82, 2.24) is 4.98 Å². The topological polar surface area (TPSA) is 99.4 Å². The fraction of sp³-hybridized carbons (Fsp3) is 0.222. The molecule has 0 atom stereocenters. The van der Waals surface area contributed by atoms with Gasteiger partial charge in [0.15, 0.2) is 9.84 Å². The Hall–Kier alpha value is -1.96. The van der Waals surface area contributed by atoms with Crippen LogP contribution >= 0.6 is 0 Å². The highest BCUT2D eigenvalue weighted by molar-refractivity contribution is 7.93. The van der Waals surface area contributed by atoms with Crippen LogP contribution in [-0.4, -0.2) is 25.4 Å². The third kappa shape index (κ3) is 3.25. The van der Waals surface area contributed by atoms with Gasteiger partial charge < -0.3 is 4.74 Å². The monoisotopic (exact) mass is 258 g/mol. The SMILES string of the molecule is C=CS(=O)(=O)Cc1nc(OC)ccc1[N+](=O)[O-]. The summed E-state index contributed by atoms with van der Waals surface area (Å²) in [6.07, 6.45) is 0. The van der Waals surface area contributed by atoms with Gasteiger partial charge in [-0.05, 0) is 0 Å². The quantitative estimate of drug-likeness (QED) is 0.578. The predicted molar refractivity (Wildman–Crippen MR) is 60.3 cm³/mol. The Labute approximate surface area is 97.8 Å². The molecule has 0 amide bonds. The van der Waals surface area contributed by atoms with Crippen LogP contribution in [0.1, 0.15) is 5.69 Å². The number of sulfone groups is 1. The van der Waals surface area contributed by atoms with Gasteiger partial charge in [0.1, 0.15) is 11.4 Å². The van der Waals surface area contributed by atoms with Gasteiger partial charge in [-0.25, -0.2) is 13.4 Å². The van der Waals surface area contributed by atoms with Gasteiger partial charge in [-0.1, -0.05) is 6.58 Å². The van der Waals surface area contributed by atoms with Gasteiger partial charge in [-0.15, -0.1) is 0 Å². The molecular formula is C9H10N2O5S. The maximum atomic E-state index is 11.3. The van der Waals surface area contributed by atoms with Crippen LogP contribution in [0.15, 0.2) is 24.1 Å². The first-order valence-corrected chi connectivity index (χ1v) is 6.14. The lowest BCUT2D eigenvalue weighted by molar-refractivity contribution is -0.385. The van der Waals surface area contributed by atoms with Crippen LogP contribution in [-0.2, 0) is 15.6 Å². The van der Waals surface area contributed by atoms with Crippen molar-refractivity contribution in [3.63, 3.8) is 0 Å². The normalized spacial score (nSPS) is 10.9. The number of rotatable bonds is 5. The van der Waals surface area contributed by atoms with E-state index in [1.54, 1.807) is 0 Å². The Morgan fingerprint density at radius 2 is 2.24 bits per heavy atom. The fourth-order valence-electron chi connectivity index (χ4n) is 1.11. The highest BCUT2D eigenvalue weighted by Gasteiger charge is 2.20. The standard InChI is InChI=1S/C9H10N2O5S/c1-3-17(14,15)6-7-8(11(12)13)4-5-9(10-7)16-2/h3-5H,1,6H2,2H3. The van der Waals surface area contributed by atoms with E-state index in [0.29, 0.717) is 0 Å². The van der Waals surface area contributed by atoms with Crippen molar-refractivity contribution < 1.29 is 18.1 Å². The summed E-state index contributed by atoms with van der Waals surface area (Å²) < 4.78 is 27.4. The lowest BCUT2D eigenvalue weighted by atomic mass is 10.3. The Morgan fingerprint density at radius 1 is 1.59 bits per heavy atom. The molecule has 0 aliphatic carbocycles. The van der Waals surface area contributed by atoms with E-state index in [0.717, 1.165) is 11.5 Å². The highest BCUT2D eigenvalue weighted by Crippen LogP contribution is 2.22. The van der Waals surface area contributed by atoms with E-state index in [1.165, 1.54) is 13.2 Å². The smallest absolute Gasteiger partial charge is 0.292 e. The van der Waals surface area contributed by atoms with Crippen molar-refractivity contribution >= 4 is 15.5 Å². The zero-order valence-electron chi connectivity index (χ0n) is 8.99. The average molecular weight is 258 g/mol.